The Labute approximate surface area is 147 Å². The SMILES string of the molecule is CSc1ccccc1[C@@H](C)NC(=O)NCC(C)c1c(C)noc1C. The highest BCUT2D eigenvalue weighted by atomic mass is 32.2. The van der Waals surface area contributed by atoms with E-state index in [0.29, 0.717) is 6.54 Å². The molecule has 5 nitrogen and oxygen atoms in total. The number of aryl methyl sites for hydroxylation is 2. The number of aromatic nitrogens is 1. The maximum absolute atomic E-state index is 12.2. The zero-order valence-corrected chi connectivity index (χ0v) is 15.7. The van der Waals surface area contributed by atoms with Crippen LogP contribution in [0.3, 0.4) is 0 Å². The van der Waals surface area contributed by atoms with Gasteiger partial charge in [-0.3, -0.25) is 0 Å². The van der Waals surface area contributed by atoms with E-state index in [0.717, 1.165) is 22.6 Å². The second kappa shape index (κ2) is 8.24. The van der Waals surface area contributed by atoms with Crippen molar-refractivity contribution >= 4 is 17.8 Å². The monoisotopic (exact) mass is 347 g/mol. The molecular weight excluding hydrogens is 322 g/mol. The molecule has 2 atom stereocenters. The maximum Gasteiger partial charge on any atom is 0.315 e. The van der Waals surface area contributed by atoms with Crippen LogP contribution in [0.1, 0.15) is 48.4 Å². The van der Waals surface area contributed by atoms with Gasteiger partial charge >= 0.3 is 6.03 Å². The lowest BCUT2D eigenvalue weighted by molar-refractivity contribution is 0.237. The van der Waals surface area contributed by atoms with Crippen LogP contribution in [0.5, 0.6) is 0 Å². The van der Waals surface area contributed by atoms with Crippen molar-refractivity contribution in [1.82, 2.24) is 15.8 Å². The Bertz CT molecular complexity index is 680. The molecule has 0 aliphatic rings. The van der Waals surface area contributed by atoms with E-state index in [1.54, 1.807) is 11.8 Å². The summed E-state index contributed by atoms with van der Waals surface area (Å²) < 4.78 is 5.19. The van der Waals surface area contributed by atoms with E-state index in [-0.39, 0.29) is 18.0 Å². The molecule has 0 bridgehead atoms. The third-order valence-electron chi connectivity index (χ3n) is 4.10. The van der Waals surface area contributed by atoms with Gasteiger partial charge in [0.05, 0.1) is 11.7 Å². The number of hydrogen-bond acceptors (Lipinski definition) is 4. The van der Waals surface area contributed by atoms with Gasteiger partial charge in [0.2, 0.25) is 0 Å². The number of amides is 2. The number of urea groups is 1. The van der Waals surface area contributed by atoms with Gasteiger partial charge in [0.1, 0.15) is 5.76 Å². The molecule has 0 aliphatic carbocycles. The molecule has 2 aromatic rings. The average molecular weight is 347 g/mol. The molecule has 0 saturated heterocycles. The second-order valence-electron chi connectivity index (χ2n) is 5.96. The van der Waals surface area contributed by atoms with Gasteiger partial charge in [-0.2, -0.15) is 0 Å². The zero-order chi connectivity index (χ0) is 17.7. The average Bonchev–Trinajstić information content (AvgIpc) is 2.91. The molecule has 130 valence electrons. The Balaban J connectivity index is 1.91. The van der Waals surface area contributed by atoms with Crippen LogP contribution in [0, 0.1) is 13.8 Å². The largest absolute Gasteiger partial charge is 0.361 e. The third kappa shape index (κ3) is 4.32. The number of nitrogens with zero attached hydrogens (tertiary/aromatic N) is 1. The molecule has 0 fully saturated rings. The van der Waals surface area contributed by atoms with E-state index in [2.05, 4.69) is 28.8 Å². The normalized spacial score (nSPS) is 13.4. The molecule has 0 radical (unpaired) electrons. The van der Waals surface area contributed by atoms with Gasteiger partial charge in [-0.05, 0) is 38.7 Å². The fraction of sp³-hybridized carbons (Fsp3) is 0.444. The number of thioether (sulfide) groups is 1. The quantitative estimate of drug-likeness (QED) is 0.769. The first-order valence-electron chi connectivity index (χ1n) is 8.04. The van der Waals surface area contributed by atoms with Gasteiger partial charge in [-0.15, -0.1) is 11.8 Å². The van der Waals surface area contributed by atoms with Gasteiger partial charge in [0.15, 0.2) is 0 Å². The van der Waals surface area contributed by atoms with E-state index in [4.69, 9.17) is 4.52 Å². The molecule has 0 spiro atoms. The Morgan fingerprint density at radius 3 is 2.62 bits per heavy atom. The van der Waals surface area contributed by atoms with Gasteiger partial charge in [-0.1, -0.05) is 30.3 Å². The fourth-order valence-electron chi connectivity index (χ4n) is 2.89. The first-order valence-corrected chi connectivity index (χ1v) is 9.26. The molecule has 0 aliphatic heterocycles. The minimum atomic E-state index is -0.169. The van der Waals surface area contributed by atoms with Gasteiger partial charge in [0, 0.05) is 22.9 Å². The second-order valence-corrected chi connectivity index (χ2v) is 6.80. The molecule has 2 amide bonds. The minimum absolute atomic E-state index is 0.0528. The number of nitrogens with one attached hydrogen (secondary N) is 2. The van der Waals surface area contributed by atoms with Crippen LogP contribution in [-0.2, 0) is 0 Å². The summed E-state index contributed by atoms with van der Waals surface area (Å²) in [6.07, 6.45) is 2.04. The smallest absolute Gasteiger partial charge is 0.315 e. The summed E-state index contributed by atoms with van der Waals surface area (Å²) in [5.74, 6) is 0.959. The van der Waals surface area contributed by atoms with Crippen molar-refractivity contribution in [3.8, 4) is 0 Å². The molecule has 2 rings (SSSR count). The van der Waals surface area contributed by atoms with E-state index in [1.165, 1.54) is 4.90 Å². The molecule has 24 heavy (non-hydrogen) atoms. The van der Waals surface area contributed by atoms with Crippen LogP contribution in [0.2, 0.25) is 0 Å². The summed E-state index contributed by atoms with van der Waals surface area (Å²) in [7, 11) is 0. The molecule has 6 heteroatoms. The van der Waals surface area contributed by atoms with Gasteiger partial charge < -0.3 is 15.2 Å². The summed E-state index contributed by atoms with van der Waals surface area (Å²) in [4.78, 5) is 13.4. The lowest BCUT2D eigenvalue weighted by Gasteiger charge is -2.19. The summed E-state index contributed by atoms with van der Waals surface area (Å²) in [6.45, 7) is 8.40. The van der Waals surface area contributed by atoms with Crippen LogP contribution in [0.25, 0.3) is 0 Å². The summed E-state index contributed by atoms with van der Waals surface area (Å²) in [6, 6.07) is 7.89. The number of rotatable bonds is 6. The van der Waals surface area contributed by atoms with E-state index < -0.39 is 0 Å². The van der Waals surface area contributed by atoms with Crippen molar-refractivity contribution in [1.29, 1.82) is 0 Å². The highest BCUT2D eigenvalue weighted by Crippen LogP contribution is 2.25. The van der Waals surface area contributed by atoms with Crippen LogP contribution >= 0.6 is 11.8 Å². The van der Waals surface area contributed by atoms with Crippen molar-refractivity contribution in [3.05, 3.63) is 46.8 Å². The predicted octanol–water partition coefficient (Wildman–Crippen LogP) is 4.18. The minimum Gasteiger partial charge on any atom is -0.361 e. The molecular formula is C18H25N3O2S. The van der Waals surface area contributed by atoms with Crippen LogP contribution in [0.4, 0.5) is 4.79 Å². The summed E-state index contributed by atoms with van der Waals surface area (Å²) in [5.41, 5.74) is 3.07. The number of carbonyl (C=O) groups is 1. The Kier molecular flexibility index (Phi) is 6.31. The van der Waals surface area contributed by atoms with E-state index in [1.807, 2.05) is 45.2 Å². The van der Waals surface area contributed by atoms with Crippen molar-refractivity contribution in [3.63, 3.8) is 0 Å². The van der Waals surface area contributed by atoms with Crippen molar-refractivity contribution < 1.29 is 9.32 Å². The Morgan fingerprint density at radius 1 is 1.29 bits per heavy atom. The molecule has 1 heterocycles. The molecule has 1 unspecified atom stereocenters. The first kappa shape index (κ1) is 18.4. The highest BCUT2D eigenvalue weighted by molar-refractivity contribution is 7.98. The number of hydrogen-bond donors (Lipinski definition) is 2. The van der Waals surface area contributed by atoms with Crippen molar-refractivity contribution in [2.24, 2.45) is 0 Å². The van der Waals surface area contributed by atoms with Gasteiger partial charge in [0.25, 0.3) is 0 Å². The van der Waals surface area contributed by atoms with Gasteiger partial charge in [-0.25, -0.2) is 4.79 Å². The van der Waals surface area contributed by atoms with Crippen LogP contribution < -0.4 is 10.6 Å². The lowest BCUT2D eigenvalue weighted by atomic mass is 10.00. The highest BCUT2D eigenvalue weighted by Gasteiger charge is 2.18. The van der Waals surface area contributed by atoms with Crippen molar-refractivity contribution in [2.75, 3.05) is 12.8 Å². The third-order valence-corrected chi connectivity index (χ3v) is 4.91. The molecule has 1 aromatic carbocycles. The van der Waals surface area contributed by atoms with Crippen molar-refractivity contribution in [2.45, 2.75) is 44.6 Å². The Morgan fingerprint density at radius 2 is 2.00 bits per heavy atom. The van der Waals surface area contributed by atoms with Crippen LogP contribution in [0.15, 0.2) is 33.7 Å². The lowest BCUT2D eigenvalue weighted by Crippen LogP contribution is -2.38. The topological polar surface area (TPSA) is 67.2 Å². The fourth-order valence-corrected chi connectivity index (χ4v) is 3.59. The van der Waals surface area contributed by atoms with E-state index in [9.17, 15) is 4.79 Å². The summed E-state index contributed by atoms with van der Waals surface area (Å²) >= 11 is 1.68. The Hall–Kier alpha value is -1.95. The van der Waals surface area contributed by atoms with Crippen LogP contribution in [-0.4, -0.2) is 24.0 Å². The predicted molar refractivity (Wildman–Crippen MR) is 97.6 cm³/mol. The number of carbonyl (C=O) groups excluding carboxylic acids is 1. The first-order chi connectivity index (χ1) is 11.4. The van der Waals surface area contributed by atoms with E-state index >= 15 is 0 Å². The standard InChI is InChI=1S/C18H25N3O2S/c1-11(17-13(3)21-23-14(17)4)10-19-18(22)20-12(2)15-8-6-7-9-16(15)24-5/h6-9,11-12H,10H2,1-5H3,(H2,19,20,22)/t11?,12-/m1/s1. The molecule has 2 N–H and O–H groups in total. The molecule has 0 saturated carbocycles. The number of benzene rings is 1. The summed E-state index contributed by atoms with van der Waals surface area (Å²) in [5, 5.41) is 9.90. The zero-order valence-electron chi connectivity index (χ0n) is 14.8. The maximum atomic E-state index is 12.2. The molecule has 1 aromatic heterocycles.